The first kappa shape index (κ1) is 6.92. The Labute approximate surface area is 66.2 Å². The fraction of sp³-hybridized carbons (Fsp3) is 0.556. The molecule has 60 valence electrons. The van der Waals surface area contributed by atoms with Crippen molar-refractivity contribution >= 4 is 0 Å². The second kappa shape index (κ2) is 2.70. The highest BCUT2D eigenvalue weighted by molar-refractivity contribution is 5.31. The topological polar surface area (TPSA) is 29.5 Å². The number of rotatable bonds is 1. The molecule has 2 heteroatoms. The highest BCUT2D eigenvalue weighted by Crippen LogP contribution is 2.34. The Morgan fingerprint density at radius 2 is 2.55 bits per heavy atom. The zero-order valence-electron chi connectivity index (χ0n) is 6.42. The maximum atomic E-state index is 8.98. The van der Waals surface area contributed by atoms with Crippen molar-refractivity contribution in [2.45, 2.75) is 12.8 Å². The molecule has 2 rings (SSSR count). The van der Waals surface area contributed by atoms with Crippen LogP contribution in [0.15, 0.2) is 23.5 Å². The molecule has 0 amide bonds. The molecule has 1 N–H and O–H groups in total. The molecule has 1 aliphatic carbocycles. The largest absolute Gasteiger partial charge is 0.494 e. The molecule has 1 heterocycles. The molecule has 0 bridgehead atoms. The standard InChI is InChI=1S/C9H12O2/c10-6-7-3-4-9-8(7)2-1-5-11-9/h1-2,7,10H,3-6H2/t7-/m0/s1. The van der Waals surface area contributed by atoms with Gasteiger partial charge in [-0.25, -0.2) is 0 Å². The van der Waals surface area contributed by atoms with E-state index in [1.54, 1.807) is 0 Å². The van der Waals surface area contributed by atoms with Crippen LogP contribution < -0.4 is 0 Å². The van der Waals surface area contributed by atoms with Crippen molar-refractivity contribution in [3.63, 3.8) is 0 Å². The number of ether oxygens (including phenoxy) is 1. The summed E-state index contributed by atoms with van der Waals surface area (Å²) in [6.07, 6.45) is 6.15. The third-order valence-corrected chi connectivity index (χ3v) is 2.35. The fourth-order valence-corrected chi connectivity index (χ4v) is 1.73. The van der Waals surface area contributed by atoms with Crippen molar-refractivity contribution in [2.75, 3.05) is 13.2 Å². The Balaban J connectivity index is 2.22. The van der Waals surface area contributed by atoms with Crippen LogP contribution >= 0.6 is 0 Å². The quantitative estimate of drug-likeness (QED) is 0.612. The van der Waals surface area contributed by atoms with Crippen molar-refractivity contribution in [2.24, 2.45) is 5.92 Å². The average Bonchev–Trinajstić information content (AvgIpc) is 2.47. The lowest BCUT2D eigenvalue weighted by molar-refractivity contribution is 0.234. The van der Waals surface area contributed by atoms with Crippen molar-refractivity contribution < 1.29 is 9.84 Å². The number of aliphatic hydroxyl groups excluding tert-OH is 1. The van der Waals surface area contributed by atoms with Gasteiger partial charge >= 0.3 is 0 Å². The summed E-state index contributed by atoms with van der Waals surface area (Å²) in [6.45, 7) is 0.962. The first-order valence-electron chi connectivity index (χ1n) is 4.05. The smallest absolute Gasteiger partial charge is 0.106 e. The van der Waals surface area contributed by atoms with Crippen molar-refractivity contribution in [1.29, 1.82) is 0 Å². The Kier molecular flexibility index (Phi) is 1.70. The molecular formula is C9H12O2. The van der Waals surface area contributed by atoms with E-state index >= 15 is 0 Å². The minimum atomic E-state index is 0.256. The average molecular weight is 152 g/mol. The number of allylic oxidation sites excluding steroid dienone is 2. The second-order valence-electron chi connectivity index (χ2n) is 3.01. The van der Waals surface area contributed by atoms with Gasteiger partial charge in [0.1, 0.15) is 6.61 Å². The van der Waals surface area contributed by atoms with Gasteiger partial charge < -0.3 is 9.84 Å². The zero-order valence-corrected chi connectivity index (χ0v) is 6.42. The molecule has 1 aliphatic heterocycles. The summed E-state index contributed by atoms with van der Waals surface area (Å²) >= 11 is 0. The third-order valence-electron chi connectivity index (χ3n) is 2.35. The van der Waals surface area contributed by atoms with Gasteiger partial charge in [0.15, 0.2) is 0 Å². The van der Waals surface area contributed by atoms with Crippen LogP contribution in [0.5, 0.6) is 0 Å². The van der Waals surface area contributed by atoms with Crippen LogP contribution in [0, 0.1) is 5.92 Å². The summed E-state index contributed by atoms with van der Waals surface area (Å²) in [6, 6.07) is 0. The lowest BCUT2D eigenvalue weighted by atomic mass is 10.0. The van der Waals surface area contributed by atoms with Crippen LogP contribution in [-0.4, -0.2) is 18.3 Å². The highest BCUT2D eigenvalue weighted by Gasteiger charge is 2.25. The van der Waals surface area contributed by atoms with Gasteiger partial charge in [0, 0.05) is 12.3 Å². The zero-order chi connectivity index (χ0) is 7.68. The van der Waals surface area contributed by atoms with Crippen molar-refractivity contribution in [3.05, 3.63) is 23.5 Å². The van der Waals surface area contributed by atoms with Gasteiger partial charge in [-0.3, -0.25) is 0 Å². The van der Waals surface area contributed by atoms with E-state index in [0.29, 0.717) is 12.5 Å². The van der Waals surface area contributed by atoms with Gasteiger partial charge in [-0.05, 0) is 18.1 Å². The first-order valence-corrected chi connectivity index (χ1v) is 4.05. The molecular weight excluding hydrogens is 140 g/mol. The fourth-order valence-electron chi connectivity index (χ4n) is 1.73. The van der Waals surface area contributed by atoms with Crippen LogP contribution in [-0.2, 0) is 4.74 Å². The molecule has 0 aromatic carbocycles. The highest BCUT2D eigenvalue weighted by atomic mass is 16.5. The molecule has 0 spiro atoms. The summed E-state index contributed by atoms with van der Waals surface area (Å²) in [4.78, 5) is 0. The Morgan fingerprint density at radius 3 is 3.36 bits per heavy atom. The molecule has 2 aliphatic rings. The molecule has 11 heavy (non-hydrogen) atoms. The summed E-state index contributed by atoms with van der Waals surface area (Å²) in [5.74, 6) is 1.44. The monoisotopic (exact) mass is 152 g/mol. The van der Waals surface area contributed by atoms with Gasteiger partial charge in [-0.2, -0.15) is 0 Å². The molecule has 0 radical (unpaired) electrons. The number of hydrogen-bond acceptors (Lipinski definition) is 2. The minimum Gasteiger partial charge on any atom is -0.494 e. The molecule has 0 fully saturated rings. The van der Waals surface area contributed by atoms with E-state index in [0.717, 1.165) is 18.6 Å². The minimum absolute atomic E-state index is 0.256. The molecule has 1 atom stereocenters. The maximum absolute atomic E-state index is 8.98. The van der Waals surface area contributed by atoms with E-state index in [2.05, 4.69) is 6.08 Å². The van der Waals surface area contributed by atoms with Gasteiger partial charge in [-0.15, -0.1) is 0 Å². The summed E-state index contributed by atoms with van der Waals surface area (Å²) in [5, 5.41) is 8.98. The van der Waals surface area contributed by atoms with E-state index in [4.69, 9.17) is 9.84 Å². The van der Waals surface area contributed by atoms with Crippen LogP contribution in [0.1, 0.15) is 12.8 Å². The number of hydrogen-bond donors (Lipinski definition) is 1. The van der Waals surface area contributed by atoms with E-state index in [9.17, 15) is 0 Å². The predicted octanol–water partition coefficient (Wildman–Crippen LogP) is 1.23. The van der Waals surface area contributed by atoms with Gasteiger partial charge in [-0.1, -0.05) is 6.08 Å². The second-order valence-corrected chi connectivity index (χ2v) is 3.01. The van der Waals surface area contributed by atoms with E-state index < -0.39 is 0 Å². The van der Waals surface area contributed by atoms with Gasteiger partial charge in [0.25, 0.3) is 0 Å². The molecule has 0 saturated heterocycles. The lowest BCUT2D eigenvalue weighted by Crippen LogP contribution is -2.05. The molecule has 0 unspecified atom stereocenters. The first-order chi connectivity index (χ1) is 5.42. The van der Waals surface area contributed by atoms with Crippen LogP contribution in [0.25, 0.3) is 0 Å². The maximum Gasteiger partial charge on any atom is 0.106 e. The third kappa shape index (κ3) is 1.07. The molecule has 0 aromatic heterocycles. The Bertz CT molecular complexity index is 216. The van der Waals surface area contributed by atoms with E-state index in [1.807, 2.05) is 6.08 Å². The molecule has 0 aromatic rings. The van der Waals surface area contributed by atoms with Gasteiger partial charge in [0.2, 0.25) is 0 Å². The molecule has 2 nitrogen and oxygen atoms in total. The van der Waals surface area contributed by atoms with Crippen LogP contribution in [0.2, 0.25) is 0 Å². The van der Waals surface area contributed by atoms with E-state index in [-0.39, 0.29) is 6.61 Å². The molecule has 0 saturated carbocycles. The van der Waals surface area contributed by atoms with Crippen molar-refractivity contribution in [3.8, 4) is 0 Å². The van der Waals surface area contributed by atoms with Crippen LogP contribution in [0.3, 0.4) is 0 Å². The Morgan fingerprint density at radius 1 is 1.64 bits per heavy atom. The number of aliphatic hydroxyl groups is 1. The lowest BCUT2D eigenvalue weighted by Gasteiger charge is -2.12. The SMILES string of the molecule is OC[C@@H]1CCC2=C1C=CCO2. The normalized spacial score (nSPS) is 28.6. The summed E-state index contributed by atoms with van der Waals surface area (Å²) in [5.41, 5.74) is 1.22. The Hall–Kier alpha value is -0.760. The van der Waals surface area contributed by atoms with Crippen molar-refractivity contribution in [1.82, 2.24) is 0 Å². The van der Waals surface area contributed by atoms with Gasteiger partial charge in [0.05, 0.1) is 12.4 Å². The van der Waals surface area contributed by atoms with Crippen LogP contribution in [0.4, 0.5) is 0 Å². The van der Waals surface area contributed by atoms with E-state index in [1.165, 1.54) is 5.57 Å². The summed E-state index contributed by atoms with van der Waals surface area (Å²) < 4.78 is 5.42. The summed E-state index contributed by atoms with van der Waals surface area (Å²) in [7, 11) is 0. The predicted molar refractivity (Wildman–Crippen MR) is 41.9 cm³/mol.